The van der Waals surface area contributed by atoms with Crippen molar-refractivity contribution in [2.75, 3.05) is 20.7 Å². The molecule has 0 heterocycles. The number of methoxy groups -OCH3 is 1. The van der Waals surface area contributed by atoms with Crippen LogP contribution in [0, 0.1) is 16.0 Å². The lowest BCUT2D eigenvalue weighted by atomic mass is 10.1. The maximum atomic E-state index is 11.3. The van der Waals surface area contributed by atoms with E-state index in [0.717, 1.165) is 5.56 Å². The number of esters is 1. The van der Waals surface area contributed by atoms with E-state index in [1.165, 1.54) is 19.2 Å². The van der Waals surface area contributed by atoms with Crippen LogP contribution in [0.25, 0.3) is 0 Å². The van der Waals surface area contributed by atoms with Crippen LogP contribution in [-0.4, -0.2) is 36.5 Å². The molecule has 110 valence electrons. The van der Waals surface area contributed by atoms with Crippen molar-refractivity contribution in [3.63, 3.8) is 0 Å². The minimum Gasteiger partial charge on any atom is -0.469 e. The third-order valence-electron chi connectivity index (χ3n) is 2.88. The third-order valence-corrected chi connectivity index (χ3v) is 3.23. The van der Waals surface area contributed by atoms with E-state index >= 15 is 0 Å². The predicted octanol–water partition coefficient (Wildman–Crippen LogP) is 2.49. The molecule has 0 saturated heterocycles. The Bertz CT molecular complexity index is 507. The average molecular weight is 301 g/mol. The smallest absolute Gasteiger partial charge is 0.309 e. The molecule has 0 radical (unpaired) electrons. The van der Waals surface area contributed by atoms with Gasteiger partial charge in [0.05, 0.1) is 23.0 Å². The minimum absolute atomic E-state index is 0.0377. The maximum Gasteiger partial charge on any atom is 0.309 e. The van der Waals surface area contributed by atoms with Gasteiger partial charge in [0.15, 0.2) is 0 Å². The van der Waals surface area contributed by atoms with Crippen LogP contribution in [0.4, 0.5) is 5.69 Å². The van der Waals surface area contributed by atoms with E-state index < -0.39 is 4.92 Å². The van der Waals surface area contributed by atoms with E-state index in [4.69, 9.17) is 11.6 Å². The van der Waals surface area contributed by atoms with Crippen molar-refractivity contribution in [3.8, 4) is 0 Å². The first-order chi connectivity index (χ1) is 9.35. The molecule has 0 amide bonds. The van der Waals surface area contributed by atoms with Gasteiger partial charge >= 0.3 is 5.97 Å². The molecule has 1 atom stereocenters. The van der Waals surface area contributed by atoms with Gasteiger partial charge in [0, 0.05) is 25.2 Å². The van der Waals surface area contributed by atoms with Gasteiger partial charge in [-0.1, -0.05) is 18.5 Å². The summed E-state index contributed by atoms with van der Waals surface area (Å²) in [5.74, 6) is -0.520. The van der Waals surface area contributed by atoms with Gasteiger partial charge in [0.2, 0.25) is 0 Å². The summed E-state index contributed by atoms with van der Waals surface area (Å²) in [6, 6.07) is 4.37. The molecule has 0 spiro atoms. The molecule has 0 aromatic heterocycles. The predicted molar refractivity (Wildman–Crippen MR) is 75.6 cm³/mol. The molecule has 0 aliphatic carbocycles. The molecule has 0 aliphatic rings. The van der Waals surface area contributed by atoms with Crippen molar-refractivity contribution >= 4 is 23.3 Å². The van der Waals surface area contributed by atoms with Gasteiger partial charge in [0.25, 0.3) is 5.69 Å². The highest BCUT2D eigenvalue weighted by Gasteiger charge is 2.17. The normalized spacial score (nSPS) is 12.2. The van der Waals surface area contributed by atoms with E-state index in [1.807, 2.05) is 11.9 Å². The van der Waals surface area contributed by atoms with Crippen LogP contribution in [0.15, 0.2) is 18.2 Å². The number of carbonyl (C=O) groups excluding carboxylic acids is 1. The molecule has 1 aromatic carbocycles. The highest BCUT2D eigenvalue weighted by Crippen LogP contribution is 2.23. The largest absolute Gasteiger partial charge is 0.469 e. The van der Waals surface area contributed by atoms with E-state index in [-0.39, 0.29) is 17.6 Å². The van der Waals surface area contributed by atoms with Crippen molar-refractivity contribution in [1.29, 1.82) is 0 Å². The van der Waals surface area contributed by atoms with Gasteiger partial charge in [-0.05, 0) is 18.7 Å². The van der Waals surface area contributed by atoms with Crippen molar-refractivity contribution < 1.29 is 14.5 Å². The molecule has 1 aromatic rings. The van der Waals surface area contributed by atoms with E-state index in [1.54, 1.807) is 13.0 Å². The second-order valence-electron chi connectivity index (χ2n) is 4.65. The lowest BCUT2D eigenvalue weighted by Gasteiger charge is -2.20. The second kappa shape index (κ2) is 7.21. The SMILES string of the molecule is COC(=O)C(C)CN(C)Cc1ccc([N+](=O)[O-])cc1Cl. The highest BCUT2D eigenvalue weighted by molar-refractivity contribution is 6.31. The fraction of sp³-hybridized carbons (Fsp3) is 0.462. The van der Waals surface area contributed by atoms with Crippen LogP contribution < -0.4 is 0 Å². The Morgan fingerprint density at radius 3 is 2.70 bits per heavy atom. The number of benzene rings is 1. The number of ether oxygens (including phenoxy) is 1. The van der Waals surface area contributed by atoms with Crippen LogP contribution in [0.5, 0.6) is 0 Å². The zero-order chi connectivity index (χ0) is 15.3. The number of hydrogen-bond acceptors (Lipinski definition) is 5. The molecule has 20 heavy (non-hydrogen) atoms. The summed E-state index contributed by atoms with van der Waals surface area (Å²) >= 11 is 6.02. The Labute approximate surface area is 122 Å². The van der Waals surface area contributed by atoms with E-state index in [2.05, 4.69) is 4.74 Å². The molecule has 1 rings (SSSR count). The van der Waals surface area contributed by atoms with Crippen molar-refractivity contribution in [3.05, 3.63) is 38.9 Å². The standard InChI is InChI=1S/C13H17ClN2O4/c1-9(13(17)20-3)7-15(2)8-10-4-5-11(16(18)19)6-12(10)14/h4-6,9H,7-8H2,1-3H3. The fourth-order valence-corrected chi connectivity index (χ4v) is 2.11. The Balaban J connectivity index is 2.69. The zero-order valence-electron chi connectivity index (χ0n) is 11.6. The molecule has 0 saturated carbocycles. The molecule has 7 heteroatoms. The average Bonchev–Trinajstić information content (AvgIpc) is 2.39. The van der Waals surface area contributed by atoms with Gasteiger partial charge in [-0.2, -0.15) is 0 Å². The number of halogens is 1. The van der Waals surface area contributed by atoms with Crippen molar-refractivity contribution in [2.45, 2.75) is 13.5 Å². The van der Waals surface area contributed by atoms with Gasteiger partial charge in [-0.15, -0.1) is 0 Å². The van der Waals surface area contributed by atoms with E-state index in [0.29, 0.717) is 18.1 Å². The summed E-state index contributed by atoms with van der Waals surface area (Å²) in [5, 5.41) is 11.0. The lowest BCUT2D eigenvalue weighted by molar-refractivity contribution is -0.384. The molecule has 0 aliphatic heterocycles. The fourth-order valence-electron chi connectivity index (χ4n) is 1.88. The number of hydrogen-bond donors (Lipinski definition) is 0. The molecule has 0 fully saturated rings. The number of nitrogens with zero attached hydrogens (tertiary/aromatic N) is 2. The third kappa shape index (κ3) is 4.47. The lowest BCUT2D eigenvalue weighted by Crippen LogP contribution is -2.29. The van der Waals surface area contributed by atoms with Gasteiger partial charge < -0.3 is 9.64 Å². The number of non-ortho nitro benzene ring substituents is 1. The summed E-state index contributed by atoms with van der Waals surface area (Å²) in [5.41, 5.74) is 0.737. The Morgan fingerprint density at radius 2 is 2.20 bits per heavy atom. The number of rotatable bonds is 6. The summed E-state index contributed by atoms with van der Waals surface area (Å²) in [7, 11) is 3.20. The first-order valence-electron chi connectivity index (χ1n) is 6.04. The number of nitro groups is 1. The van der Waals surface area contributed by atoms with Crippen LogP contribution in [0.2, 0.25) is 5.02 Å². The summed E-state index contributed by atoms with van der Waals surface area (Å²) in [4.78, 5) is 23.4. The van der Waals surface area contributed by atoms with Gasteiger partial charge in [0.1, 0.15) is 0 Å². The topological polar surface area (TPSA) is 72.7 Å². The zero-order valence-corrected chi connectivity index (χ0v) is 12.4. The van der Waals surface area contributed by atoms with Crippen LogP contribution in [-0.2, 0) is 16.1 Å². The van der Waals surface area contributed by atoms with E-state index in [9.17, 15) is 14.9 Å². The number of nitro benzene ring substituents is 1. The molecule has 1 unspecified atom stereocenters. The Morgan fingerprint density at radius 1 is 1.55 bits per heavy atom. The Kier molecular flexibility index (Phi) is 5.91. The van der Waals surface area contributed by atoms with Crippen LogP contribution in [0.1, 0.15) is 12.5 Å². The second-order valence-corrected chi connectivity index (χ2v) is 5.06. The number of carbonyl (C=O) groups is 1. The Hall–Kier alpha value is -1.66. The quantitative estimate of drug-likeness (QED) is 0.458. The summed E-state index contributed by atoms with van der Waals surface area (Å²) < 4.78 is 4.66. The molecule has 0 bridgehead atoms. The first-order valence-corrected chi connectivity index (χ1v) is 6.42. The van der Waals surface area contributed by atoms with Gasteiger partial charge in [-0.25, -0.2) is 0 Å². The molecule has 6 nitrogen and oxygen atoms in total. The van der Waals surface area contributed by atoms with Crippen molar-refractivity contribution in [1.82, 2.24) is 4.90 Å². The summed E-state index contributed by atoms with van der Waals surface area (Å²) in [6.07, 6.45) is 0. The minimum atomic E-state index is -0.487. The first kappa shape index (κ1) is 16.4. The highest BCUT2D eigenvalue weighted by atomic mass is 35.5. The molecular weight excluding hydrogens is 284 g/mol. The van der Waals surface area contributed by atoms with Crippen molar-refractivity contribution in [2.24, 2.45) is 5.92 Å². The van der Waals surface area contributed by atoms with Crippen LogP contribution >= 0.6 is 11.6 Å². The van der Waals surface area contributed by atoms with Crippen LogP contribution in [0.3, 0.4) is 0 Å². The molecule has 0 N–H and O–H groups in total. The monoisotopic (exact) mass is 300 g/mol. The maximum absolute atomic E-state index is 11.3. The molecular formula is C13H17ClN2O4. The summed E-state index contributed by atoms with van der Waals surface area (Å²) in [6.45, 7) is 2.79. The van der Waals surface area contributed by atoms with Gasteiger partial charge in [-0.3, -0.25) is 14.9 Å².